The van der Waals surface area contributed by atoms with Crippen molar-refractivity contribution >= 4 is 49.3 Å². The summed E-state index contributed by atoms with van der Waals surface area (Å²) in [6, 6.07) is 41.5. The van der Waals surface area contributed by atoms with E-state index in [9.17, 15) is 5.26 Å². The lowest BCUT2D eigenvalue weighted by atomic mass is 9.74. The molecule has 0 saturated carbocycles. The van der Waals surface area contributed by atoms with Gasteiger partial charge in [0.25, 0.3) is 0 Å². The fourth-order valence-electron chi connectivity index (χ4n) is 10.4. The lowest BCUT2D eigenvalue weighted by molar-refractivity contribution is 0.394. The van der Waals surface area contributed by atoms with Gasteiger partial charge in [-0.3, -0.25) is 0 Å². The third kappa shape index (κ3) is 3.80. The predicted octanol–water partition coefficient (Wildman–Crippen LogP) is 12.7. The molecule has 0 radical (unpaired) electrons. The lowest BCUT2D eigenvalue weighted by Gasteiger charge is -2.29. The van der Waals surface area contributed by atoms with E-state index in [1.165, 1.54) is 38.8 Å². The zero-order chi connectivity index (χ0) is 36.7. The highest BCUT2D eigenvalue weighted by Crippen LogP contribution is 2.55. The van der Waals surface area contributed by atoms with Gasteiger partial charge in [-0.2, -0.15) is 5.26 Å². The Labute approximate surface area is 314 Å². The average molecular weight is 693 g/mol. The van der Waals surface area contributed by atoms with E-state index < -0.39 is 0 Å². The normalized spacial score (nSPS) is 18.5. The molecule has 0 bridgehead atoms. The number of nitriles is 1. The van der Waals surface area contributed by atoms with Gasteiger partial charge in [-0.15, -0.1) is 0 Å². The minimum Gasteiger partial charge on any atom is -0.319 e. The van der Waals surface area contributed by atoms with Gasteiger partial charge < -0.3 is 9.13 Å². The molecule has 0 aliphatic heterocycles. The zero-order valence-electron chi connectivity index (χ0n) is 30.6. The minimum atomic E-state index is -0.180. The topological polar surface area (TPSA) is 38.0 Å². The van der Waals surface area contributed by atoms with Crippen LogP contribution in [-0.2, 0) is 10.8 Å². The van der Waals surface area contributed by atoms with Crippen molar-refractivity contribution in [3.63, 3.8) is 0 Å². The van der Waals surface area contributed by atoms with E-state index in [2.05, 4.69) is 169 Å². The van der Waals surface area contributed by atoms with Crippen LogP contribution < -0.4 is 0 Å². The Balaban J connectivity index is 1.19. The smallest absolute Gasteiger partial charge is 0.212 e. The molecule has 2 unspecified atom stereocenters. The third-order valence-electron chi connectivity index (χ3n) is 13.1. The molecule has 0 amide bonds. The number of benzene rings is 6. The molecular formula is C50H36N4. The van der Waals surface area contributed by atoms with E-state index in [0.717, 1.165) is 49.6 Å². The second-order valence-corrected chi connectivity index (χ2v) is 16.4. The first-order valence-electron chi connectivity index (χ1n) is 18.8. The number of hydrogen-bond donors (Lipinski definition) is 0. The fourth-order valence-corrected chi connectivity index (χ4v) is 10.4. The molecule has 6 aromatic carbocycles. The number of nitrogens with zero attached hydrogens (tertiary/aromatic N) is 4. The van der Waals surface area contributed by atoms with Crippen molar-refractivity contribution in [3.05, 3.63) is 173 Å². The summed E-state index contributed by atoms with van der Waals surface area (Å²) in [5.74, 6) is 0.723. The van der Waals surface area contributed by atoms with Gasteiger partial charge in [0.15, 0.2) is 0 Å². The summed E-state index contributed by atoms with van der Waals surface area (Å²) < 4.78 is 4.44. The first kappa shape index (κ1) is 31.0. The minimum absolute atomic E-state index is 0.0618. The van der Waals surface area contributed by atoms with Crippen LogP contribution in [0.5, 0.6) is 0 Å². The Kier molecular flexibility index (Phi) is 6.02. The van der Waals surface area contributed by atoms with E-state index >= 15 is 0 Å². The molecule has 0 saturated heterocycles. The van der Waals surface area contributed by atoms with Gasteiger partial charge in [0.05, 0.1) is 45.6 Å². The molecule has 54 heavy (non-hydrogen) atoms. The van der Waals surface area contributed by atoms with Crippen LogP contribution in [0.25, 0.3) is 71.0 Å². The third-order valence-corrected chi connectivity index (χ3v) is 13.1. The quantitative estimate of drug-likeness (QED) is 0.166. The van der Waals surface area contributed by atoms with Crippen molar-refractivity contribution in [1.29, 1.82) is 5.26 Å². The van der Waals surface area contributed by atoms with Gasteiger partial charge in [-0.05, 0) is 93.2 Å². The second kappa shape index (κ2) is 10.5. The van der Waals surface area contributed by atoms with Crippen LogP contribution >= 0.6 is 0 Å². The van der Waals surface area contributed by atoms with Crippen LogP contribution in [0.3, 0.4) is 0 Å². The molecule has 2 atom stereocenters. The predicted molar refractivity (Wildman–Crippen MR) is 221 cm³/mol. The standard InChI is InChI=1S/C50H36N4/c1-49(2)38-18-10-6-14-30(38)34-23-36-32-16-8-12-20-43(32)53(46(36)25-40(34)49)45-27-42(52-5)48(22-29(45)28-51)54-44-21-13-9-17-33(44)37-24-35-31-15-7-11-19-39(31)50(3,4)41(35)26-47(37)54/h6-27,31,39H,1-4H3. The number of hydrogen-bond acceptors (Lipinski definition) is 1. The number of rotatable bonds is 2. The largest absolute Gasteiger partial charge is 0.319 e. The molecule has 0 fully saturated rings. The fraction of sp³-hybridized carbons (Fsp3) is 0.160. The molecule has 4 heteroatoms. The van der Waals surface area contributed by atoms with Gasteiger partial charge in [0.2, 0.25) is 5.69 Å². The lowest BCUT2D eigenvalue weighted by Crippen LogP contribution is -2.24. The Hall–Kier alpha value is -6.62. The highest BCUT2D eigenvalue weighted by Gasteiger charge is 2.45. The van der Waals surface area contributed by atoms with E-state index in [4.69, 9.17) is 6.57 Å². The maximum Gasteiger partial charge on any atom is 0.212 e. The van der Waals surface area contributed by atoms with E-state index in [-0.39, 0.29) is 10.8 Å². The molecule has 0 N–H and O–H groups in total. The molecular weight excluding hydrogens is 657 g/mol. The van der Waals surface area contributed by atoms with E-state index in [1.807, 2.05) is 12.1 Å². The summed E-state index contributed by atoms with van der Waals surface area (Å²) in [5.41, 5.74) is 14.2. The molecule has 2 aromatic heterocycles. The zero-order valence-corrected chi connectivity index (χ0v) is 30.6. The number of fused-ring (bicyclic) bond motifs is 12. The molecule has 11 rings (SSSR count). The Morgan fingerprint density at radius 3 is 1.96 bits per heavy atom. The van der Waals surface area contributed by atoms with Crippen LogP contribution in [0.2, 0.25) is 0 Å². The molecule has 3 aliphatic rings. The van der Waals surface area contributed by atoms with Crippen molar-refractivity contribution in [3.8, 4) is 28.6 Å². The van der Waals surface area contributed by atoms with E-state index in [1.54, 1.807) is 0 Å². The first-order valence-corrected chi connectivity index (χ1v) is 18.8. The summed E-state index contributed by atoms with van der Waals surface area (Å²) in [4.78, 5) is 4.20. The SMILES string of the molecule is [C-]#[N+]c1cc(-n2c3ccccc3c3cc4c(cc32)C(C)(C)c2ccccc2-4)c(C#N)cc1-n1c2ccccc2c2cc3c(cc21)C(C)(C)C1C=CC=CC31. The van der Waals surface area contributed by atoms with Crippen LogP contribution in [0.1, 0.15) is 61.4 Å². The highest BCUT2D eigenvalue weighted by atomic mass is 15.0. The Morgan fingerprint density at radius 2 is 1.24 bits per heavy atom. The summed E-state index contributed by atoms with van der Waals surface area (Å²) in [7, 11) is 0. The van der Waals surface area contributed by atoms with Crippen LogP contribution in [0, 0.1) is 23.8 Å². The van der Waals surface area contributed by atoms with Gasteiger partial charge in [0, 0.05) is 32.9 Å². The van der Waals surface area contributed by atoms with Gasteiger partial charge in [-0.1, -0.05) is 113 Å². The summed E-state index contributed by atoms with van der Waals surface area (Å²) >= 11 is 0. The average Bonchev–Trinajstić information content (AvgIpc) is 3.84. The van der Waals surface area contributed by atoms with Crippen molar-refractivity contribution in [1.82, 2.24) is 9.13 Å². The summed E-state index contributed by atoms with van der Waals surface area (Å²) in [6.45, 7) is 17.9. The van der Waals surface area contributed by atoms with Crippen LogP contribution in [-0.4, -0.2) is 9.13 Å². The van der Waals surface area contributed by atoms with Crippen LogP contribution in [0.15, 0.2) is 133 Å². The molecule has 2 heterocycles. The van der Waals surface area contributed by atoms with Crippen molar-refractivity contribution in [2.24, 2.45) is 5.92 Å². The molecule has 3 aliphatic carbocycles. The summed E-state index contributed by atoms with van der Waals surface area (Å²) in [6.07, 6.45) is 9.07. The summed E-state index contributed by atoms with van der Waals surface area (Å²) in [5, 5.41) is 15.6. The number of allylic oxidation sites excluding steroid dienone is 4. The monoisotopic (exact) mass is 692 g/mol. The Morgan fingerprint density at radius 1 is 0.611 bits per heavy atom. The maximum atomic E-state index is 11.0. The van der Waals surface area contributed by atoms with Gasteiger partial charge in [-0.25, -0.2) is 4.85 Å². The number of aromatic nitrogens is 2. The number of para-hydroxylation sites is 2. The van der Waals surface area contributed by atoms with Crippen molar-refractivity contribution in [2.45, 2.75) is 44.4 Å². The highest BCUT2D eigenvalue weighted by molar-refractivity contribution is 6.13. The van der Waals surface area contributed by atoms with E-state index in [0.29, 0.717) is 23.1 Å². The first-order chi connectivity index (χ1) is 26.2. The molecule has 8 aromatic rings. The van der Waals surface area contributed by atoms with Gasteiger partial charge in [0.1, 0.15) is 6.07 Å². The van der Waals surface area contributed by atoms with Crippen molar-refractivity contribution < 1.29 is 0 Å². The molecule has 256 valence electrons. The molecule has 0 spiro atoms. The maximum absolute atomic E-state index is 11.0. The van der Waals surface area contributed by atoms with Crippen molar-refractivity contribution in [2.75, 3.05) is 0 Å². The molecule has 4 nitrogen and oxygen atoms in total. The Bertz CT molecular complexity index is 3140. The second-order valence-electron chi connectivity index (χ2n) is 16.4. The van der Waals surface area contributed by atoms with Gasteiger partial charge >= 0.3 is 0 Å². The van der Waals surface area contributed by atoms with Crippen LogP contribution in [0.4, 0.5) is 5.69 Å².